The SMILES string of the molecule is Cn1cc(CCC(=O)N2C[C@@H](c3ccccc3F)[C@@]3(CCCCC(=O)N3)C2)c2ccccc21. The van der Waals surface area contributed by atoms with Crippen LogP contribution in [-0.2, 0) is 23.1 Å². The molecule has 0 radical (unpaired) electrons. The highest BCUT2D eigenvalue weighted by Gasteiger charge is 2.50. The number of nitrogens with one attached hydrogen (secondary N) is 1. The lowest BCUT2D eigenvalue weighted by molar-refractivity contribution is -0.131. The van der Waals surface area contributed by atoms with Crippen LogP contribution >= 0.6 is 0 Å². The zero-order chi connectivity index (χ0) is 23.0. The number of rotatable bonds is 4. The third-order valence-electron chi connectivity index (χ3n) is 7.43. The van der Waals surface area contributed by atoms with Crippen molar-refractivity contribution in [1.82, 2.24) is 14.8 Å². The molecule has 2 atom stereocenters. The minimum Gasteiger partial charge on any atom is -0.350 e. The lowest BCUT2D eigenvalue weighted by Gasteiger charge is -2.34. The Morgan fingerprint density at radius 1 is 1.15 bits per heavy atom. The Balaban J connectivity index is 1.38. The van der Waals surface area contributed by atoms with Crippen molar-refractivity contribution >= 4 is 22.7 Å². The van der Waals surface area contributed by atoms with Crippen LogP contribution in [0, 0.1) is 5.82 Å². The molecule has 1 spiro atoms. The molecular weight excluding hydrogens is 417 g/mol. The van der Waals surface area contributed by atoms with Gasteiger partial charge in [-0.1, -0.05) is 42.8 Å². The molecule has 172 valence electrons. The van der Waals surface area contributed by atoms with E-state index in [1.54, 1.807) is 12.1 Å². The summed E-state index contributed by atoms with van der Waals surface area (Å²) in [5, 5.41) is 4.39. The topological polar surface area (TPSA) is 54.3 Å². The summed E-state index contributed by atoms with van der Waals surface area (Å²) >= 11 is 0. The van der Waals surface area contributed by atoms with Gasteiger partial charge in [-0.15, -0.1) is 0 Å². The lowest BCUT2D eigenvalue weighted by Crippen LogP contribution is -2.53. The number of amides is 2. The number of halogens is 1. The second-order valence-corrected chi connectivity index (χ2v) is 9.54. The summed E-state index contributed by atoms with van der Waals surface area (Å²) in [6, 6.07) is 15.0. The van der Waals surface area contributed by atoms with Crippen molar-refractivity contribution in [3.05, 3.63) is 71.7 Å². The fourth-order valence-corrected chi connectivity index (χ4v) is 5.79. The zero-order valence-electron chi connectivity index (χ0n) is 19.0. The number of benzene rings is 2. The average Bonchev–Trinajstić information content (AvgIpc) is 3.26. The predicted molar refractivity (Wildman–Crippen MR) is 126 cm³/mol. The molecule has 0 aliphatic carbocycles. The van der Waals surface area contributed by atoms with Crippen LogP contribution in [-0.4, -0.2) is 39.9 Å². The van der Waals surface area contributed by atoms with Crippen LogP contribution in [0.4, 0.5) is 4.39 Å². The monoisotopic (exact) mass is 447 g/mol. The van der Waals surface area contributed by atoms with Gasteiger partial charge in [-0.05, 0) is 42.5 Å². The number of carbonyl (C=O) groups excluding carboxylic acids is 2. The second-order valence-electron chi connectivity index (χ2n) is 9.54. The van der Waals surface area contributed by atoms with Crippen LogP contribution in [0.25, 0.3) is 10.9 Å². The summed E-state index contributed by atoms with van der Waals surface area (Å²) in [4.78, 5) is 27.7. The molecule has 3 aromatic rings. The Hall–Kier alpha value is -3.15. The van der Waals surface area contributed by atoms with Gasteiger partial charge in [0.05, 0.1) is 5.54 Å². The lowest BCUT2D eigenvalue weighted by atomic mass is 9.78. The van der Waals surface area contributed by atoms with E-state index in [2.05, 4.69) is 28.2 Å². The first-order valence-electron chi connectivity index (χ1n) is 11.8. The fourth-order valence-electron chi connectivity index (χ4n) is 5.79. The van der Waals surface area contributed by atoms with Crippen molar-refractivity contribution in [3.8, 4) is 0 Å². The third-order valence-corrected chi connectivity index (χ3v) is 7.43. The fraction of sp³-hybridized carbons (Fsp3) is 0.407. The number of fused-ring (bicyclic) bond motifs is 1. The molecule has 5 rings (SSSR count). The Morgan fingerprint density at radius 3 is 2.79 bits per heavy atom. The summed E-state index contributed by atoms with van der Waals surface area (Å²) in [6.07, 6.45) is 6.10. The highest BCUT2D eigenvalue weighted by molar-refractivity contribution is 5.85. The van der Waals surface area contributed by atoms with Crippen LogP contribution in [0.15, 0.2) is 54.7 Å². The number of hydrogen-bond donors (Lipinski definition) is 1. The van der Waals surface area contributed by atoms with E-state index < -0.39 is 5.54 Å². The molecule has 2 aliphatic rings. The summed E-state index contributed by atoms with van der Waals surface area (Å²) in [6.45, 7) is 0.863. The normalized spacial score (nSPS) is 23.2. The quantitative estimate of drug-likeness (QED) is 0.648. The highest BCUT2D eigenvalue weighted by Crippen LogP contribution is 2.42. The molecule has 1 aromatic heterocycles. The Kier molecular flexibility index (Phi) is 5.69. The molecule has 5 nitrogen and oxygen atoms in total. The van der Waals surface area contributed by atoms with Crippen molar-refractivity contribution < 1.29 is 14.0 Å². The maximum atomic E-state index is 14.8. The first-order chi connectivity index (χ1) is 16.0. The molecular formula is C27H30FN3O2. The highest BCUT2D eigenvalue weighted by atomic mass is 19.1. The molecule has 33 heavy (non-hydrogen) atoms. The van der Waals surface area contributed by atoms with Gasteiger partial charge in [0.25, 0.3) is 0 Å². The van der Waals surface area contributed by atoms with Gasteiger partial charge in [0.2, 0.25) is 11.8 Å². The average molecular weight is 448 g/mol. The molecule has 2 aliphatic heterocycles. The number of aryl methyl sites for hydroxylation is 2. The van der Waals surface area contributed by atoms with E-state index in [0.717, 1.165) is 30.3 Å². The van der Waals surface area contributed by atoms with Gasteiger partial charge in [0.1, 0.15) is 5.82 Å². The van der Waals surface area contributed by atoms with Crippen LogP contribution in [0.5, 0.6) is 0 Å². The molecule has 6 heteroatoms. The standard InChI is InChI=1S/C27H30FN3O2/c1-30-16-19(20-8-3-5-11-24(20)30)13-14-26(33)31-17-22(21-9-2-4-10-23(21)28)27(18-31)15-7-6-12-25(32)29-27/h2-5,8-11,16,22H,6-7,12-15,17-18H2,1H3,(H,29,32)/t22-,27+/m0/s1. The Bertz CT molecular complexity index is 1200. The molecule has 1 N–H and O–H groups in total. The number of para-hydroxylation sites is 1. The van der Waals surface area contributed by atoms with Crippen LogP contribution in [0.1, 0.15) is 49.1 Å². The summed E-state index contributed by atoms with van der Waals surface area (Å²) in [5.41, 5.74) is 2.29. The maximum absolute atomic E-state index is 14.8. The molecule has 0 bridgehead atoms. The maximum Gasteiger partial charge on any atom is 0.223 e. The van der Waals surface area contributed by atoms with E-state index in [4.69, 9.17) is 0 Å². The minimum absolute atomic E-state index is 0.00102. The molecule has 0 unspecified atom stereocenters. The minimum atomic E-state index is -0.606. The van der Waals surface area contributed by atoms with E-state index in [9.17, 15) is 14.0 Å². The first kappa shape index (κ1) is 21.7. The number of aromatic nitrogens is 1. The van der Waals surface area contributed by atoms with Crippen molar-refractivity contribution in [1.29, 1.82) is 0 Å². The molecule has 2 fully saturated rings. The summed E-state index contributed by atoms with van der Waals surface area (Å²) < 4.78 is 16.9. The predicted octanol–water partition coefficient (Wildman–Crippen LogP) is 4.31. The molecule has 0 saturated carbocycles. The van der Waals surface area contributed by atoms with E-state index in [1.807, 2.05) is 30.1 Å². The number of hydrogen-bond acceptors (Lipinski definition) is 2. The van der Waals surface area contributed by atoms with Gasteiger partial charge in [0.15, 0.2) is 0 Å². The van der Waals surface area contributed by atoms with Gasteiger partial charge in [-0.2, -0.15) is 0 Å². The van der Waals surface area contributed by atoms with Gasteiger partial charge in [0, 0.05) is 56.0 Å². The van der Waals surface area contributed by atoms with Crippen LogP contribution in [0.2, 0.25) is 0 Å². The van der Waals surface area contributed by atoms with E-state index in [1.165, 1.54) is 11.5 Å². The molecule has 3 heterocycles. The third kappa shape index (κ3) is 4.03. The molecule has 2 aromatic carbocycles. The van der Waals surface area contributed by atoms with E-state index in [0.29, 0.717) is 37.9 Å². The largest absolute Gasteiger partial charge is 0.350 e. The van der Waals surface area contributed by atoms with Crippen molar-refractivity contribution in [2.24, 2.45) is 7.05 Å². The van der Waals surface area contributed by atoms with Crippen LogP contribution < -0.4 is 5.32 Å². The van der Waals surface area contributed by atoms with Crippen molar-refractivity contribution in [2.45, 2.75) is 50.0 Å². The van der Waals surface area contributed by atoms with E-state index >= 15 is 0 Å². The first-order valence-corrected chi connectivity index (χ1v) is 11.8. The Labute approximate surface area is 193 Å². The summed E-state index contributed by atoms with van der Waals surface area (Å²) in [5.74, 6) is -0.466. The summed E-state index contributed by atoms with van der Waals surface area (Å²) in [7, 11) is 2.02. The van der Waals surface area contributed by atoms with Crippen LogP contribution in [0.3, 0.4) is 0 Å². The van der Waals surface area contributed by atoms with Gasteiger partial charge in [-0.25, -0.2) is 4.39 Å². The van der Waals surface area contributed by atoms with Crippen molar-refractivity contribution in [2.75, 3.05) is 13.1 Å². The second kappa shape index (κ2) is 8.65. The number of carbonyl (C=O) groups is 2. The smallest absolute Gasteiger partial charge is 0.223 e. The molecule has 2 amide bonds. The van der Waals surface area contributed by atoms with Gasteiger partial charge < -0.3 is 14.8 Å². The van der Waals surface area contributed by atoms with Crippen molar-refractivity contribution in [3.63, 3.8) is 0 Å². The van der Waals surface area contributed by atoms with Gasteiger partial charge in [-0.3, -0.25) is 9.59 Å². The molecule has 2 saturated heterocycles. The van der Waals surface area contributed by atoms with E-state index in [-0.39, 0.29) is 23.5 Å². The zero-order valence-corrected chi connectivity index (χ0v) is 19.0. The Morgan fingerprint density at radius 2 is 1.94 bits per heavy atom. The number of likely N-dealkylation sites (tertiary alicyclic amines) is 1. The number of nitrogens with zero attached hydrogens (tertiary/aromatic N) is 2. The van der Waals surface area contributed by atoms with Gasteiger partial charge >= 0.3 is 0 Å².